The molecule has 0 unspecified atom stereocenters. The maximum Gasteiger partial charge on any atom is 0.180 e. The molecule has 0 saturated carbocycles. The van der Waals surface area contributed by atoms with E-state index in [1.807, 2.05) is 18.4 Å². The van der Waals surface area contributed by atoms with Crippen LogP contribution < -0.4 is 15.0 Å². The summed E-state index contributed by atoms with van der Waals surface area (Å²) in [4.78, 5) is 2.36. The molecule has 0 aromatic heterocycles. The van der Waals surface area contributed by atoms with Gasteiger partial charge in [0.2, 0.25) is 0 Å². The van der Waals surface area contributed by atoms with Crippen LogP contribution in [-0.4, -0.2) is 76.8 Å². The van der Waals surface area contributed by atoms with Crippen molar-refractivity contribution < 1.29 is 14.2 Å². The Morgan fingerprint density at radius 3 is 2.23 bits per heavy atom. The maximum absolute atomic E-state index is 5.21. The minimum Gasteiger partial charge on any atom is -0.497 e. The molecule has 1 aliphatic heterocycles. The van der Waals surface area contributed by atoms with Gasteiger partial charge >= 0.3 is 0 Å². The van der Waals surface area contributed by atoms with Crippen LogP contribution in [0.4, 0.5) is 5.69 Å². The number of hydrogen-bond donors (Lipinski definition) is 1. The molecule has 148 valence electrons. The molecule has 1 aromatic rings. The Balaban J connectivity index is 0.00000338. The zero-order chi connectivity index (χ0) is 18.1. The van der Waals surface area contributed by atoms with Crippen LogP contribution in [0.3, 0.4) is 0 Å². The number of ether oxygens (including phenoxy) is 3. The number of hydrazone groups is 1. The van der Waals surface area contributed by atoms with Crippen LogP contribution in [-0.2, 0) is 9.47 Å². The lowest BCUT2D eigenvalue weighted by Gasteiger charge is -2.35. The molecule has 1 aromatic carbocycles. The molecule has 1 fully saturated rings. The third kappa shape index (κ3) is 7.01. The van der Waals surface area contributed by atoms with Gasteiger partial charge in [-0.25, -0.2) is 0 Å². The van der Waals surface area contributed by atoms with E-state index in [1.54, 1.807) is 33.1 Å². The molecule has 2 rings (SSSR count). The zero-order valence-electron chi connectivity index (χ0n) is 15.8. The van der Waals surface area contributed by atoms with Crippen molar-refractivity contribution in [1.29, 1.82) is 0 Å². The van der Waals surface area contributed by atoms with Gasteiger partial charge in [0.05, 0.1) is 26.7 Å². The largest absolute Gasteiger partial charge is 0.497 e. The number of nitrogens with one attached hydrogen (secondary N) is 1. The molecule has 1 heterocycles. The van der Waals surface area contributed by atoms with Gasteiger partial charge in [-0.05, 0) is 30.5 Å². The molecule has 0 amide bonds. The molecule has 0 bridgehead atoms. The van der Waals surface area contributed by atoms with Gasteiger partial charge in [0.25, 0.3) is 0 Å². The SMILES string of the molecule is COc1ccc(N2CCN(/N=C(/NCC(OC)OC)SC)CC2)cc1.I. The first-order valence-corrected chi connectivity index (χ1v) is 9.48. The van der Waals surface area contributed by atoms with Crippen molar-refractivity contribution in [1.82, 2.24) is 10.3 Å². The Labute approximate surface area is 177 Å². The van der Waals surface area contributed by atoms with E-state index in [-0.39, 0.29) is 30.3 Å². The van der Waals surface area contributed by atoms with Gasteiger partial charge in [0, 0.05) is 33.0 Å². The molecular weight excluding hydrogens is 467 g/mol. The van der Waals surface area contributed by atoms with Gasteiger partial charge in [0.1, 0.15) is 5.75 Å². The molecule has 0 radical (unpaired) electrons. The molecule has 1 aliphatic rings. The highest BCUT2D eigenvalue weighted by atomic mass is 127. The molecule has 7 nitrogen and oxygen atoms in total. The van der Waals surface area contributed by atoms with E-state index < -0.39 is 0 Å². The average molecular weight is 496 g/mol. The van der Waals surface area contributed by atoms with E-state index in [2.05, 4.69) is 27.4 Å². The summed E-state index contributed by atoms with van der Waals surface area (Å²) in [6.07, 6.45) is 1.73. The summed E-state index contributed by atoms with van der Waals surface area (Å²) in [6.45, 7) is 4.22. The van der Waals surface area contributed by atoms with Crippen LogP contribution in [0.1, 0.15) is 0 Å². The fourth-order valence-electron chi connectivity index (χ4n) is 2.56. The summed E-state index contributed by atoms with van der Waals surface area (Å²) in [7, 11) is 4.94. The van der Waals surface area contributed by atoms with Crippen molar-refractivity contribution in [2.24, 2.45) is 5.10 Å². The van der Waals surface area contributed by atoms with Crippen LogP contribution in [0, 0.1) is 0 Å². The van der Waals surface area contributed by atoms with Crippen molar-refractivity contribution >= 4 is 46.6 Å². The van der Waals surface area contributed by atoms with Crippen molar-refractivity contribution in [2.75, 3.05) is 65.2 Å². The lowest BCUT2D eigenvalue weighted by Crippen LogP contribution is -2.45. The van der Waals surface area contributed by atoms with Gasteiger partial charge in [-0.1, -0.05) is 11.8 Å². The topological polar surface area (TPSA) is 58.6 Å². The van der Waals surface area contributed by atoms with E-state index in [1.165, 1.54) is 5.69 Å². The minimum absolute atomic E-state index is 0. The van der Waals surface area contributed by atoms with Gasteiger partial charge in [-0.15, -0.1) is 24.0 Å². The molecule has 26 heavy (non-hydrogen) atoms. The second-order valence-corrected chi connectivity index (χ2v) is 6.32. The monoisotopic (exact) mass is 496 g/mol. The second-order valence-electron chi connectivity index (χ2n) is 5.53. The summed E-state index contributed by atoms with van der Waals surface area (Å²) >= 11 is 1.59. The van der Waals surface area contributed by atoms with Crippen molar-refractivity contribution in [3.05, 3.63) is 24.3 Å². The summed E-state index contributed by atoms with van der Waals surface area (Å²) < 4.78 is 15.6. The Hall–Kier alpha value is -0.910. The van der Waals surface area contributed by atoms with Crippen molar-refractivity contribution in [3.8, 4) is 5.75 Å². The number of halogens is 1. The lowest BCUT2D eigenvalue weighted by atomic mass is 10.2. The molecule has 1 saturated heterocycles. The number of anilines is 1. The quantitative estimate of drug-likeness (QED) is 0.269. The number of benzene rings is 1. The molecule has 9 heteroatoms. The highest BCUT2D eigenvalue weighted by molar-refractivity contribution is 14.0. The fraction of sp³-hybridized carbons (Fsp3) is 0.588. The van der Waals surface area contributed by atoms with E-state index in [0.717, 1.165) is 37.1 Å². The number of methoxy groups -OCH3 is 3. The molecule has 0 spiro atoms. The predicted molar refractivity (Wildman–Crippen MR) is 119 cm³/mol. The van der Waals surface area contributed by atoms with E-state index in [9.17, 15) is 0 Å². The average Bonchev–Trinajstić information content (AvgIpc) is 2.68. The lowest BCUT2D eigenvalue weighted by molar-refractivity contribution is -0.0964. The summed E-state index contributed by atoms with van der Waals surface area (Å²) in [5.74, 6) is 0.882. The summed E-state index contributed by atoms with van der Waals surface area (Å²) in [5.41, 5.74) is 1.22. The summed E-state index contributed by atoms with van der Waals surface area (Å²) in [6, 6.07) is 8.19. The molecular formula is C17H29IN4O3S. The van der Waals surface area contributed by atoms with Gasteiger partial charge in [-0.3, -0.25) is 5.01 Å². The standard InChI is InChI=1S/C17H28N4O3S.HI/c1-22-15-7-5-14(6-8-15)20-9-11-21(12-10-20)19-17(25-4)18-13-16(23-2)24-3;/h5-8,16H,9-13H2,1-4H3,(H,18,19);1H. The van der Waals surface area contributed by atoms with Crippen LogP contribution in [0.25, 0.3) is 0 Å². The number of thioether (sulfide) groups is 1. The Kier molecular flexibility index (Phi) is 11.1. The molecule has 0 aliphatic carbocycles. The second kappa shape index (κ2) is 12.5. The van der Waals surface area contributed by atoms with Crippen molar-refractivity contribution in [2.45, 2.75) is 6.29 Å². The van der Waals surface area contributed by atoms with Gasteiger partial charge < -0.3 is 24.4 Å². The van der Waals surface area contributed by atoms with Gasteiger partial charge in [-0.2, -0.15) is 5.10 Å². The molecule has 0 atom stereocenters. The number of nitrogens with zero attached hydrogens (tertiary/aromatic N) is 3. The summed E-state index contributed by atoms with van der Waals surface area (Å²) in [5, 5.41) is 10.9. The first-order chi connectivity index (χ1) is 12.2. The van der Waals surface area contributed by atoms with Crippen LogP contribution in [0.2, 0.25) is 0 Å². The smallest absolute Gasteiger partial charge is 0.180 e. The number of piperazine rings is 1. The highest BCUT2D eigenvalue weighted by Gasteiger charge is 2.17. The Bertz CT molecular complexity index is 535. The van der Waals surface area contributed by atoms with E-state index >= 15 is 0 Å². The Morgan fingerprint density at radius 1 is 1.12 bits per heavy atom. The normalized spacial score (nSPS) is 15.0. The third-order valence-electron chi connectivity index (χ3n) is 4.06. The van der Waals surface area contributed by atoms with Gasteiger partial charge in [0.15, 0.2) is 11.5 Å². The minimum atomic E-state index is -0.274. The first-order valence-electron chi connectivity index (χ1n) is 8.26. The van der Waals surface area contributed by atoms with E-state index in [0.29, 0.717) is 6.54 Å². The number of rotatable bonds is 7. The third-order valence-corrected chi connectivity index (χ3v) is 4.68. The van der Waals surface area contributed by atoms with Crippen LogP contribution >= 0.6 is 35.7 Å². The van der Waals surface area contributed by atoms with E-state index in [4.69, 9.17) is 19.3 Å². The highest BCUT2D eigenvalue weighted by Crippen LogP contribution is 2.20. The predicted octanol–water partition coefficient (Wildman–Crippen LogP) is 2.28. The van der Waals surface area contributed by atoms with Crippen molar-refractivity contribution in [3.63, 3.8) is 0 Å². The molecule has 1 N–H and O–H groups in total. The zero-order valence-corrected chi connectivity index (χ0v) is 19.0. The van der Waals surface area contributed by atoms with Crippen LogP contribution in [0.5, 0.6) is 5.75 Å². The van der Waals surface area contributed by atoms with Crippen LogP contribution in [0.15, 0.2) is 29.4 Å². The number of hydrogen-bond acceptors (Lipinski definition) is 7. The Morgan fingerprint density at radius 2 is 1.73 bits per heavy atom. The maximum atomic E-state index is 5.21. The fourth-order valence-corrected chi connectivity index (χ4v) is 2.98. The first kappa shape index (κ1) is 23.1. The number of amidine groups is 1.